The third-order valence-corrected chi connectivity index (χ3v) is 7.27. The summed E-state index contributed by atoms with van der Waals surface area (Å²) < 4.78 is 67.7. The van der Waals surface area contributed by atoms with E-state index in [1.807, 2.05) is 7.05 Å². The Morgan fingerprint density at radius 3 is 2.16 bits per heavy atom. The van der Waals surface area contributed by atoms with Crippen LogP contribution in [0.25, 0.3) is 0 Å². The van der Waals surface area contributed by atoms with Crippen LogP contribution in [0.2, 0.25) is 0 Å². The number of anilines is 1. The first-order valence-electron chi connectivity index (χ1n) is 9.89. The number of sulfonamides is 1. The first-order valence-corrected chi connectivity index (χ1v) is 11.3. The molecule has 1 fully saturated rings. The van der Waals surface area contributed by atoms with E-state index in [2.05, 4.69) is 15.0 Å². The molecule has 0 aliphatic carbocycles. The van der Waals surface area contributed by atoms with Crippen LogP contribution in [0.3, 0.4) is 0 Å². The fourth-order valence-electron chi connectivity index (χ4n) is 3.44. The number of hydrogen-bond acceptors (Lipinski definition) is 5. The summed E-state index contributed by atoms with van der Waals surface area (Å²) >= 11 is 0. The summed E-state index contributed by atoms with van der Waals surface area (Å²) in [5.74, 6) is -0.986. The molecule has 1 saturated heterocycles. The summed E-state index contributed by atoms with van der Waals surface area (Å²) in [6, 6.07) is 10.2. The highest BCUT2D eigenvalue weighted by Gasteiger charge is 2.31. The molecule has 7 nitrogen and oxygen atoms in total. The molecule has 1 amide bonds. The number of nitrogens with zero attached hydrogens (tertiary/aromatic N) is 2. The van der Waals surface area contributed by atoms with Crippen molar-refractivity contribution < 1.29 is 31.1 Å². The number of likely N-dealkylation sites (tertiary alicyclic amines) is 1. The Morgan fingerprint density at radius 2 is 1.62 bits per heavy atom. The van der Waals surface area contributed by atoms with Crippen LogP contribution in [0.4, 0.5) is 18.9 Å². The van der Waals surface area contributed by atoms with Crippen LogP contribution in [0.1, 0.15) is 23.2 Å². The zero-order valence-corrected chi connectivity index (χ0v) is 18.4. The van der Waals surface area contributed by atoms with Gasteiger partial charge in [0.25, 0.3) is 5.91 Å². The number of nitrogens with one attached hydrogen (secondary N) is 1. The molecule has 1 aliphatic heterocycles. The molecule has 1 heterocycles. The predicted octanol–water partition coefficient (Wildman–Crippen LogP) is 3.55. The van der Waals surface area contributed by atoms with E-state index in [-0.39, 0.29) is 16.5 Å². The molecule has 1 aliphatic rings. The van der Waals surface area contributed by atoms with Crippen molar-refractivity contribution in [2.75, 3.05) is 32.5 Å². The number of carbonyl (C=O) groups excluding carboxylic acids is 1. The number of amides is 1. The van der Waals surface area contributed by atoms with Gasteiger partial charge >= 0.3 is 6.36 Å². The predicted molar refractivity (Wildman–Crippen MR) is 113 cm³/mol. The minimum Gasteiger partial charge on any atom is -0.406 e. The second-order valence-electron chi connectivity index (χ2n) is 7.61. The fourth-order valence-corrected chi connectivity index (χ4v) is 4.86. The summed E-state index contributed by atoms with van der Waals surface area (Å²) in [6.45, 7) is 1.66. The number of carbonyl (C=O) groups is 1. The van der Waals surface area contributed by atoms with E-state index in [4.69, 9.17) is 0 Å². The topological polar surface area (TPSA) is 79.0 Å². The second kappa shape index (κ2) is 9.47. The van der Waals surface area contributed by atoms with Gasteiger partial charge in [0, 0.05) is 24.3 Å². The number of hydrogen-bond donors (Lipinski definition) is 1. The quantitative estimate of drug-likeness (QED) is 0.697. The zero-order valence-electron chi connectivity index (χ0n) is 17.6. The van der Waals surface area contributed by atoms with Gasteiger partial charge in [-0.1, -0.05) is 0 Å². The highest BCUT2D eigenvalue weighted by atomic mass is 32.2. The number of piperidine rings is 1. The molecule has 174 valence electrons. The lowest BCUT2D eigenvalue weighted by Gasteiger charge is -2.34. The third kappa shape index (κ3) is 5.99. The van der Waals surface area contributed by atoms with Gasteiger partial charge in [0.1, 0.15) is 5.75 Å². The highest BCUT2D eigenvalue weighted by Crippen LogP contribution is 2.25. The Bertz CT molecular complexity index is 1030. The van der Waals surface area contributed by atoms with Gasteiger partial charge in [-0.3, -0.25) is 4.79 Å². The average molecular weight is 472 g/mol. The summed E-state index contributed by atoms with van der Waals surface area (Å²) in [7, 11) is -0.0980. The number of alkyl halides is 3. The Hall–Kier alpha value is -2.63. The molecule has 0 radical (unpaired) electrons. The monoisotopic (exact) mass is 471 g/mol. The van der Waals surface area contributed by atoms with Crippen molar-refractivity contribution in [3.8, 4) is 5.75 Å². The normalized spacial score (nSPS) is 16.2. The molecule has 0 unspecified atom stereocenters. The minimum absolute atomic E-state index is 0.0696. The molecule has 0 spiro atoms. The van der Waals surface area contributed by atoms with Crippen molar-refractivity contribution in [3.05, 3.63) is 54.1 Å². The Morgan fingerprint density at radius 1 is 1.06 bits per heavy atom. The van der Waals surface area contributed by atoms with E-state index >= 15 is 0 Å². The van der Waals surface area contributed by atoms with E-state index in [1.165, 1.54) is 40.7 Å². The largest absolute Gasteiger partial charge is 0.573 e. The minimum atomic E-state index is -4.81. The molecule has 1 N–H and O–H groups in total. The highest BCUT2D eigenvalue weighted by molar-refractivity contribution is 7.89. The summed E-state index contributed by atoms with van der Waals surface area (Å²) in [6.07, 6.45) is -3.30. The van der Waals surface area contributed by atoms with Crippen molar-refractivity contribution in [1.82, 2.24) is 9.21 Å². The Labute approximate surface area is 184 Å². The Kier molecular flexibility index (Phi) is 7.11. The first kappa shape index (κ1) is 24.0. The van der Waals surface area contributed by atoms with Gasteiger partial charge in [0.15, 0.2) is 0 Å². The Balaban J connectivity index is 1.64. The molecule has 2 aromatic rings. The lowest BCUT2D eigenvalue weighted by atomic mass is 10.1. The molecule has 11 heteroatoms. The molecule has 2 aromatic carbocycles. The van der Waals surface area contributed by atoms with Gasteiger partial charge in [-0.2, -0.15) is 4.31 Å². The number of halogens is 3. The maximum absolute atomic E-state index is 12.9. The first-order chi connectivity index (χ1) is 15.0. The standard InChI is InChI=1S/C21H24F3N3O4S/c1-26-13-11-17(12-14-26)27(2)32(29,30)19-9-5-16(6-10-19)25-20(28)15-3-7-18(8-4-15)31-21(22,23)24/h3-10,17H,11-14H2,1-2H3,(H,25,28). The van der Waals surface area contributed by atoms with Crippen LogP contribution in [-0.2, 0) is 10.0 Å². The summed E-state index contributed by atoms with van der Waals surface area (Å²) in [5, 5.41) is 2.59. The zero-order chi connectivity index (χ0) is 23.5. The lowest BCUT2D eigenvalue weighted by molar-refractivity contribution is -0.274. The SMILES string of the molecule is CN1CCC(N(C)S(=O)(=O)c2ccc(NC(=O)c3ccc(OC(F)(F)F)cc3)cc2)CC1. The molecule has 0 saturated carbocycles. The van der Waals surface area contributed by atoms with E-state index in [0.717, 1.165) is 38.1 Å². The summed E-state index contributed by atoms with van der Waals surface area (Å²) in [4.78, 5) is 14.6. The average Bonchev–Trinajstić information content (AvgIpc) is 2.73. The third-order valence-electron chi connectivity index (χ3n) is 5.34. The van der Waals surface area contributed by atoms with Crippen molar-refractivity contribution in [3.63, 3.8) is 0 Å². The summed E-state index contributed by atoms with van der Waals surface area (Å²) in [5.41, 5.74) is 0.477. The number of rotatable bonds is 6. The molecule has 32 heavy (non-hydrogen) atoms. The molecule has 3 rings (SSSR count). The van der Waals surface area contributed by atoms with E-state index < -0.39 is 28.0 Å². The van der Waals surface area contributed by atoms with Crippen LogP contribution >= 0.6 is 0 Å². The van der Waals surface area contributed by atoms with Gasteiger partial charge in [-0.05, 0) is 81.5 Å². The van der Waals surface area contributed by atoms with Gasteiger partial charge in [-0.15, -0.1) is 13.2 Å². The van der Waals surface area contributed by atoms with E-state index in [1.54, 1.807) is 7.05 Å². The van der Waals surface area contributed by atoms with Gasteiger partial charge < -0.3 is 15.0 Å². The molecular formula is C21H24F3N3O4S. The van der Waals surface area contributed by atoms with Crippen LogP contribution in [0, 0.1) is 0 Å². The van der Waals surface area contributed by atoms with Crippen LogP contribution in [0.15, 0.2) is 53.4 Å². The molecule has 0 atom stereocenters. The second-order valence-corrected chi connectivity index (χ2v) is 9.60. The maximum Gasteiger partial charge on any atom is 0.573 e. The smallest absolute Gasteiger partial charge is 0.406 e. The lowest BCUT2D eigenvalue weighted by Crippen LogP contribution is -2.44. The van der Waals surface area contributed by atoms with Gasteiger partial charge in [-0.25, -0.2) is 8.42 Å². The van der Waals surface area contributed by atoms with Crippen LogP contribution in [-0.4, -0.2) is 63.1 Å². The van der Waals surface area contributed by atoms with Gasteiger partial charge in [0.2, 0.25) is 10.0 Å². The maximum atomic E-state index is 12.9. The molecular weight excluding hydrogens is 447 g/mol. The van der Waals surface area contributed by atoms with Gasteiger partial charge in [0.05, 0.1) is 4.90 Å². The van der Waals surface area contributed by atoms with E-state index in [0.29, 0.717) is 5.69 Å². The fraction of sp³-hybridized carbons (Fsp3) is 0.381. The molecule has 0 aromatic heterocycles. The van der Waals surface area contributed by atoms with Crippen molar-refractivity contribution in [1.29, 1.82) is 0 Å². The van der Waals surface area contributed by atoms with Crippen molar-refractivity contribution in [2.45, 2.75) is 30.1 Å². The number of benzene rings is 2. The van der Waals surface area contributed by atoms with E-state index in [9.17, 15) is 26.4 Å². The molecule has 0 bridgehead atoms. The van der Waals surface area contributed by atoms with Crippen molar-refractivity contribution >= 4 is 21.6 Å². The van der Waals surface area contributed by atoms with Crippen molar-refractivity contribution in [2.24, 2.45) is 0 Å². The number of ether oxygens (including phenoxy) is 1. The van der Waals surface area contributed by atoms with Crippen LogP contribution < -0.4 is 10.1 Å². The van der Waals surface area contributed by atoms with Crippen LogP contribution in [0.5, 0.6) is 5.75 Å².